The smallest absolute Gasteiger partial charge is 0.406 e. The van der Waals surface area contributed by atoms with Crippen molar-refractivity contribution < 1.29 is 19.8 Å². The minimum Gasteiger partial charge on any atom is -0.478 e. The molecule has 0 spiro atoms. The first-order chi connectivity index (χ1) is 8.91. The van der Waals surface area contributed by atoms with E-state index in [-0.39, 0.29) is 0 Å². The summed E-state index contributed by atoms with van der Waals surface area (Å²) in [4.78, 5) is 21.4. The van der Waals surface area contributed by atoms with Gasteiger partial charge in [-0.25, -0.2) is 9.59 Å². The Morgan fingerprint density at radius 1 is 1.21 bits per heavy atom. The summed E-state index contributed by atoms with van der Waals surface area (Å²) in [6.07, 6.45) is 1.14. The number of rotatable bonds is 1. The monoisotopic (exact) mass is 264 g/mol. The van der Waals surface area contributed by atoms with Crippen molar-refractivity contribution in [1.82, 2.24) is 4.90 Å². The normalized spacial score (nSPS) is 12.0. The van der Waals surface area contributed by atoms with Gasteiger partial charge in [-0.2, -0.15) is 0 Å². The third-order valence-electron chi connectivity index (χ3n) is 2.46. The highest BCUT2D eigenvalue weighted by molar-refractivity contribution is 5.89. The van der Waals surface area contributed by atoms with Gasteiger partial charge in [-0.1, -0.05) is 18.2 Å². The lowest BCUT2D eigenvalue weighted by Crippen LogP contribution is -2.18. The van der Waals surface area contributed by atoms with E-state index in [1.807, 2.05) is 24.3 Å². The molecule has 0 aliphatic carbocycles. The van der Waals surface area contributed by atoms with Gasteiger partial charge in [0, 0.05) is 32.4 Å². The fourth-order valence-corrected chi connectivity index (χ4v) is 1.37. The van der Waals surface area contributed by atoms with Crippen molar-refractivity contribution >= 4 is 17.7 Å². The summed E-state index contributed by atoms with van der Waals surface area (Å²) >= 11 is 0. The largest absolute Gasteiger partial charge is 0.478 e. The Bertz CT molecular complexity index is 509. The molecule has 102 valence electrons. The number of hydrogen-bond acceptors (Lipinski definition) is 3. The summed E-state index contributed by atoms with van der Waals surface area (Å²) in [6.45, 7) is 0. The molecule has 3 N–H and O–H groups in total. The summed E-state index contributed by atoms with van der Waals surface area (Å²) in [5, 5.41) is 19.6. The second-order valence-electron chi connectivity index (χ2n) is 4.13. The number of hydrogen-bond donors (Lipinski definition) is 3. The van der Waals surface area contributed by atoms with Crippen molar-refractivity contribution in [3.63, 3.8) is 0 Å². The summed E-state index contributed by atoms with van der Waals surface area (Å²) in [5.41, 5.74) is 2.42. The SMILES string of the molecule is CN(C)C(=O)O.O=C(O)C1=CNc2ccccc2C1. The van der Waals surface area contributed by atoms with Crippen LogP contribution >= 0.6 is 0 Å². The van der Waals surface area contributed by atoms with E-state index in [4.69, 9.17) is 10.2 Å². The first-order valence-electron chi connectivity index (χ1n) is 5.59. The Hall–Kier alpha value is -2.50. The van der Waals surface area contributed by atoms with Crippen molar-refractivity contribution in [3.05, 3.63) is 41.6 Å². The van der Waals surface area contributed by atoms with E-state index in [0.29, 0.717) is 12.0 Å². The molecule has 1 heterocycles. The van der Waals surface area contributed by atoms with Gasteiger partial charge in [-0.3, -0.25) is 0 Å². The first kappa shape index (κ1) is 14.6. The van der Waals surface area contributed by atoms with Crippen LogP contribution in [0, 0.1) is 0 Å². The molecule has 6 heteroatoms. The molecule has 0 aromatic heterocycles. The molecule has 6 nitrogen and oxygen atoms in total. The van der Waals surface area contributed by atoms with Gasteiger partial charge in [0.25, 0.3) is 0 Å². The number of amides is 1. The molecule has 0 saturated carbocycles. The molecule has 0 bridgehead atoms. The number of para-hydroxylation sites is 1. The van der Waals surface area contributed by atoms with Gasteiger partial charge in [0.1, 0.15) is 0 Å². The van der Waals surface area contributed by atoms with Crippen molar-refractivity contribution in [1.29, 1.82) is 0 Å². The lowest BCUT2D eigenvalue weighted by atomic mass is 10.0. The Morgan fingerprint density at radius 2 is 1.79 bits per heavy atom. The number of benzene rings is 1. The number of nitrogens with zero attached hydrogens (tertiary/aromatic N) is 1. The maximum Gasteiger partial charge on any atom is 0.406 e. The molecule has 1 aromatic rings. The first-order valence-corrected chi connectivity index (χ1v) is 5.59. The van der Waals surface area contributed by atoms with Crippen LogP contribution in [0.1, 0.15) is 5.56 Å². The predicted molar refractivity (Wildman–Crippen MR) is 71.2 cm³/mol. The van der Waals surface area contributed by atoms with E-state index in [0.717, 1.165) is 16.2 Å². The minimum absolute atomic E-state index is 0.402. The van der Waals surface area contributed by atoms with Gasteiger partial charge in [-0.05, 0) is 11.6 Å². The van der Waals surface area contributed by atoms with Crippen molar-refractivity contribution in [2.75, 3.05) is 19.4 Å². The van der Waals surface area contributed by atoms with Gasteiger partial charge in [0.2, 0.25) is 0 Å². The Balaban J connectivity index is 0.000000258. The zero-order valence-electron chi connectivity index (χ0n) is 10.8. The second-order valence-corrected chi connectivity index (χ2v) is 4.13. The molecule has 0 unspecified atom stereocenters. The molecule has 1 amide bonds. The van der Waals surface area contributed by atoms with Crippen molar-refractivity contribution in [2.24, 2.45) is 0 Å². The molecule has 1 aromatic carbocycles. The molecule has 0 radical (unpaired) electrons. The maximum atomic E-state index is 10.7. The fourth-order valence-electron chi connectivity index (χ4n) is 1.37. The lowest BCUT2D eigenvalue weighted by molar-refractivity contribution is -0.132. The van der Waals surface area contributed by atoms with Crippen LogP contribution in [0.4, 0.5) is 10.5 Å². The predicted octanol–water partition coefficient (Wildman–Crippen LogP) is 1.85. The molecule has 19 heavy (non-hydrogen) atoms. The number of carboxylic acid groups (broad SMARTS) is 2. The average molecular weight is 264 g/mol. The summed E-state index contributed by atoms with van der Waals surface area (Å²) < 4.78 is 0. The molecule has 0 fully saturated rings. The molecule has 1 aliphatic rings. The maximum absolute atomic E-state index is 10.7. The summed E-state index contributed by atoms with van der Waals surface area (Å²) in [7, 11) is 2.95. The second kappa shape index (κ2) is 6.44. The molecule has 1 aliphatic heterocycles. The van der Waals surface area contributed by atoms with Crippen LogP contribution in [0.5, 0.6) is 0 Å². The molecule has 0 saturated heterocycles. The highest BCUT2D eigenvalue weighted by Gasteiger charge is 2.14. The fraction of sp³-hybridized carbons (Fsp3) is 0.231. The van der Waals surface area contributed by atoms with Gasteiger partial charge >= 0.3 is 12.1 Å². The van der Waals surface area contributed by atoms with Crippen LogP contribution in [0.15, 0.2) is 36.0 Å². The van der Waals surface area contributed by atoms with E-state index in [1.165, 1.54) is 14.1 Å². The zero-order chi connectivity index (χ0) is 14.4. The van der Waals surface area contributed by atoms with Crippen LogP contribution in [-0.4, -0.2) is 41.3 Å². The minimum atomic E-state index is -0.907. The van der Waals surface area contributed by atoms with Gasteiger partial charge in [-0.15, -0.1) is 0 Å². The van der Waals surface area contributed by atoms with Crippen molar-refractivity contribution in [3.8, 4) is 0 Å². The molecule has 0 atom stereocenters. The Morgan fingerprint density at radius 3 is 2.32 bits per heavy atom. The molecule has 2 rings (SSSR count). The molecular formula is C13H16N2O4. The lowest BCUT2D eigenvalue weighted by Gasteiger charge is -2.15. The highest BCUT2D eigenvalue weighted by atomic mass is 16.4. The van der Waals surface area contributed by atoms with E-state index in [9.17, 15) is 9.59 Å². The average Bonchev–Trinajstić information content (AvgIpc) is 2.38. The summed E-state index contributed by atoms with van der Waals surface area (Å²) in [5.74, 6) is -0.859. The number of anilines is 1. The van der Waals surface area contributed by atoms with Crippen LogP contribution in [0.3, 0.4) is 0 Å². The topological polar surface area (TPSA) is 89.9 Å². The van der Waals surface area contributed by atoms with Gasteiger partial charge in [0.15, 0.2) is 0 Å². The Kier molecular flexibility index (Phi) is 4.93. The van der Waals surface area contributed by atoms with Crippen LogP contribution in [0.25, 0.3) is 0 Å². The van der Waals surface area contributed by atoms with E-state index in [1.54, 1.807) is 6.20 Å². The number of nitrogens with one attached hydrogen (secondary N) is 1. The van der Waals surface area contributed by atoms with Gasteiger partial charge < -0.3 is 20.4 Å². The van der Waals surface area contributed by atoms with E-state index >= 15 is 0 Å². The van der Waals surface area contributed by atoms with Crippen LogP contribution < -0.4 is 5.32 Å². The number of carbonyl (C=O) groups is 2. The standard InChI is InChI=1S/C10H9NO2.C3H7NO2/c12-10(13)8-5-7-3-1-2-4-9(7)11-6-8;1-4(2)3(5)6/h1-4,6,11H,5H2,(H,12,13);1-2H3,(H,5,6). The van der Waals surface area contributed by atoms with Crippen LogP contribution in [-0.2, 0) is 11.2 Å². The van der Waals surface area contributed by atoms with Crippen molar-refractivity contribution in [2.45, 2.75) is 6.42 Å². The van der Waals surface area contributed by atoms with Gasteiger partial charge in [0.05, 0.1) is 5.57 Å². The summed E-state index contributed by atoms with van der Waals surface area (Å²) in [6, 6.07) is 7.69. The third kappa shape index (κ3) is 4.34. The Labute approximate surface area is 111 Å². The van der Waals surface area contributed by atoms with E-state index in [2.05, 4.69) is 5.32 Å². The number of fused-ring (bicyclic) bond motifs is 1. The van der Waals surface area contributed by atoms with Crippen LogP contribution in [0.2, 0.25) is 0 Å². The number of aliphatic carboxylic acids is 1. The third-order valence-corrected chi connectivity index (χ3v) is 2.46. The van der Waals surface area contributed by atoms with E-state index < -0.39 is 12.1 Å². The molecular weight excluding hydrogens is 248 g/mol. The quantitative estimate of drug-likeness (QED) is 0.720. The zero-order valence-corrected chi connectivity index (χ0v) is 10.8. The highest BCUT2D eigenvalue weighted by Crippen LogP contribution is 2.22. The number of carboxylic acids is 1.